The van der Waals surface area contributed by atoms with Crippen LogP contribution in [0.15, 0.2) is 60.7 Å². The van der Waals surface area contributed by atoms with Crippen molar-refractivity contribution < 1.29 is 23.0 Å². The van der Waals surface area contributed by atoms with Gasteiger partial charge in [-0.25, -0.2) is 13.6 Å². The third-order valence-corrected chi connectivity index (χ3v) is 4.72. The zero-order valence-electron chi connectivity index (χ0n) is 15.2. The van der Waals surface area contributed by atoms with E-state index in [9.17, 15) is 13.6 Å². The van der Waals surface area contributed by atoms with Crippen LogP contribution < -0.4 is 0 Å². The lowest BCUT2D eigenvalue weighted by Gasteiger charge is -2.41. The first-order valence-corrected chi connectivity index (χ1v) is 8.95. The fourth-order valence-corrected chi connectivity index (χ4v) is 3.06. The molecule has 4 nitrogen and oxygen atoms in total. The average Bonchev–Trinajstić information content (AvgIpc) is 2.68. The molecule has 2 atom stereocenters. The van der Waals surface area contributed by atoms with E-state index in [4.69, 9.17) is 9.47 Å². The normalized spacial score (nSPS) is 21.7. The molecule has 1 amide bonds. The summed E-state index contributed by atoms with van der Waals surface area (Å²) in [4.78, 5) is 13.7. The van der Waals surface area contributed by atoms with Crippen molar-refractivity contribution in [1.29, 1.82) is 0 Å². The topological polar surface area (TPSA) is 38.8 Å². The molecular formula is C21H23F2NO3. The minimum absolute atomic E-state index is 0.0637. The van der Waals surface area contributed by atoms with Gasteiger partial charge in [0.1, 0.15) is 12.7 Å². The number of alkyl halides is 2. The Bertz CT molecular complexity index is 740. The number of piperidine rings is 1. The highest BCUT2D eigenvalue weighted by Gasteiger charge is 2.51. The van der Waals surface area contributed by atoms with Gasteiger partial charge in [0.2, 0.25) is 0 Å². The molecule has 144 valence electrons. The second kappa shape index (κ2) is 8.48. The Kier molecular flexibility index (Phi) is 6.06. The molecule has 1 aliphatic rings. The van der Waals surface area contributed by atoms with E-state index < -0.39 is 24.0 Å². The van der Waals surface area contributed by atoms with Gasteiger partial charge in [-0.3, -0.25) is 0 Å². The van der Waals surface area contributed by atoms with Crippen molar-refractivity contribution in [3.05, 3.63) is 71.8 Å². The van der Waals surface area contributed by atoms with Crippen molar-refractivity contribution in [2.45, 2.75) is 32.2 Å². The van der Waals surface area contributed by atoms with E-state index >= 15 is 0 Å². The summed E-state index contributed by atoms with van der Waals surface area (Å²) in [5, 5.41) is 0. The number of nitrogens with zero attached hydrogens (tertiary/aromatic N) is 1. The summed E-state index contributed by atoms with van der Waals surface area (Å²) in [6, 6.07) is 18.4. The first-order valence-electron chi connectivity index (χ1n) is 8.95. The molecule has 27 heavy (non-hydrogen) atoms. The van der Waals surface area contributed by atoms with E-state index in [-0.39, 0.29) is 26.3 Å². The number of halogens is 2. The van der Waals surface area contributed by atoms with Crippen LogP contribution in [-0.4, -0.2) is 36.1 Å². The van der Waals surface area contributed by atoms with Crippen LogP contribution >= 0.6 is 0 Å². The predicted molar refractivity (Wildman–Crippen MR) is 97.3 cm³/mol. The highest BCUT2D eigenvalue weighted by Crippen LogP contribution is 2.36. The summed E-state index contributed by atoms with van der Waals surface area (Å²) in [5.41, 5.74) is 1.66. The number of hydrogen-bond acceptors (Lipinski definition) is 3. The SMILES string of the molecule is C[C@H]1CN(C(=O)OCc2ccccc2)C[C@@H](OCc2ccccc2)C1(F)F. The van der Waals surface area contributed by atoms with Crippen molar-refractivity contribution in [2.24, 2.45) is 5.92 Å². The Morgan fingerprint density at radius 2 is 1.56 bits per heavy atom. The molecule has 2 aromatic rings. The van der Waals surface area contributed by atoms with Gasteiger partial charge >= 0.3 is 6.09 Å². The molecule has 0 saturated carbocycles. The van der Waals surface area contributed by atoms with Crippen LogP contribution in [-0.2, 0) is 22.7 Å². The van der Waals surface area contributed by atoms with Gasteiger partial charge in [0.05, 0.1) is 13.2 Å². The van der Waals surface area contributed by atoms with Gasteiger partial charge in [-0.15, -0.1) is 0 Å². The molecule has 0 aliphatic carbocycles. The van der Waals surface area contributed by atoms with Crippen LogP contribution in [0.3, 0.4) is 0 Å². The van der Waals surface area contributed by atoms with Gasteiger partial charge in [-0.05, 0) is 11.1 Å². The number of carbonyl (C=O) groups is 1. The number of ether oxygens (including phenoxy) is 2. The van der Waals surface area contributed by atoms with Crippen molar-refractivity contribution in [3.8, 4) is 0 Å². The first kappa shape index (κ1) is 19.3. The fraction of sp³-hybridized carbons (Fsp3) is 0.381. The zero-order chi connectivity index (χ0) is 19.3. The lowest BCUT2D eigenvalue weighted by Crippen LogP contribution is -2.58. The second-order valence-electron chi connectivity index (χ2n) is 6.81. The zero-order valence-corrected chi connectivity index (χ0v) is 15.2. The molecule has 0 unspecified atom stereocenters. The Labute approximate surface area is 157 Å². The minimum Gasteiger partial charge on any atom is -0.445 e. The summed E-state index contributed by atoms with van der Waals surface area (Å²) in [7, 11) is 0. The van der Waals surface area contributed by atoms with Gasteiger partial charge in [0.15, 0.2) is 0 Å². The maximum atomic E-state index is 14.5. The summed E-state index contributed by atoms with van der Waals surface area (Å²) in [6.07, 6.45) is -1.97. The molecule has 0 spiro atoms. The van der Waals surface area contributed by atoms with Crippen molar-refractivity contribution in [3.63, 3.8) is 0 Å². The van der Waals surface area contributed by atoms with Gasteiger partial charge in [-0.1, -0.05) is 67.6 Å². The second-order valence-corrected chi connectivity index (χ2v) is 6.81. The van der Waals surface area contributed by atoms with Gasteiger partial charge in [0.25, 0.3) is 5.92 Å². The van der Waals surface area contributed by atoms with E-state index in [1.165, 1.54) is 11.8 Å². The predicted octanol–water partition coefficient (Wildman–Crippen LogP) is 4.50. The maximum Gasteiger partial charge on any atom is 0.410 e. The van der Waals surface area contributed by atoms with Gasteiger partial charge < -0.3 is 14.4 Å². The summed E-state index contributed by atoms with van der Waals surface area (Å²) < 4.78 is 39.9. The van der Waals surface area contributed by atoms with Crippen LogP contribution in [0.2, 0.25) is 0 Å². The van der Waals surface area contributed by atoms with Gasteiger partial charge in [0, 0.05) is 12.5 Å². The molecule has 2 aromatic carbocycles. The molecule has 1 saturated heterocycles. The minimum atomic E-state index is -3.01. The van der Waals surface area contributed by atoms with Crippen molar-refractivity contribution in [2.75, 3.05) is 13.1 Å². The molecule has 0 bridgehead atoms. The summed E-state index contributed by atoms with van der Waals surface area (Å²) in [6.45, 7) is 1.34. The van der Waals surface area contributed by atoms with E-state index in [1.807, 2.05) is 60.7 Å². The highest BCUT2D eigenvalue weighted by molar-refractivity contribution is 5.68. The molecular weight excluding hydrogens is 352 g/mol. The Morgan fingerprint density at radius 3 is 2.15 bits per heavy atom. The molecule has 0 aromatic heterocycles. The lowest BCUT2D eigenvalue weighted by atomic mass is 9.93. The van der Waals surface area contributed by atoms with Crippen molar-refractivity contribution in [1.82, 2.24) is 4.90 Å². The third kappa shape index (κ3) is 4.83. The molecule has 0 radical (unpaired) electrons. The molecule has 6 heteroatoms. The average molecular weight is 375 g/mol. The van der Waals surface area contributed by atoms with Crippen LogP contribution in [0, 0.1) is 5.92 Å². The van der Waals surface area contributed by atoms with E-state index in [0.29, 0.717) is 0 Å². The monoisotopic (exact) mass is 375 g/mol. The van der Waals surface area contributed by atoms with Crippen LogP contribution in [0.5, 0.6) is 0 Å². The molecule has 3 rings (SSSR count). The smallest absolute Gasteiger partial charge is 0.410 e. The number of amides is 1. The van der Waals surface area contributed by atoms with E-state index in [2.05, 4.69) is 0 Å². The Balaban J connectivity index is 1.60. The number of carbonyl (C=O) groups excluding carboxylic acids is 1. The van der Waals surface area contributed by atoms with Gasteiger partial charge in [-0.2, -0.15) is 0 Å². The summed E-state index contributed by atoms with van der Waals surface area (Å²) >= 11 is 0. The van der Waals surface area contributed by atoms with Crippen LogP contribution in [0.4, 0.5) is 13.6 Å². The maximum absolute atomic E-state index is 14.5. The Hall–Kier alpha value is -2.47. The van der Waals surface area contributed by atoms with Crippen LogP contribution in [0.25, 0.3) is 0 Å². The quantitative estimate of drug-likeness (QED) is 0.773. The highest BCUT2D eigenvalue weighted by atomic mass is 19.3. The number of likely N-dealkylation sites (tertiary alicyclic amines) is 1. The van der Waals surface area contributed by atoms with Crippen molar-refractivity contribution >= 4 is 6.09 Å². The Morgan fingerprint density at radius 1 is 1.00 bits per heavy atom. The number of benzene rings is 2. The lowest BCUT2D eigenvalue weighted by molar-refractivity contribution is -0.199. The molecule has 1 fully saturated rings. The largest absolute Gasteiger partial charge is 0.445 e. The number of rotatable bonds is 5. The molecule has 0 N–H and O–H groups in total. The number of hydrogen-bond donors (Lipinski definition) is 0. The van der Waals surface area contributed by atoms with Crippen LogP contribution in [0.1, 0.15) is 18.1 Å². The van der Waals surface area contributed by atoms with E-state index in [0.717, 1.165) is 11.1 Å². The fourth-order valence-electron chi connectivity index (χ4n) is 3.06. The standard InChI is InChI=1S/C21H23F2NO3/c1-16-12-24(20(25)27-15-18-10-6-3-7-11-18)13-19(21(16,22)23)26-14-17-8-4-2-5-9-17/h2-11,16,19H,12-15H2,1H3/t16-,19+/m0/s1. The third-order valence-electron chi connectivity index (χ3n) is 4.72. The van der Waals surface area contributed by atoms with E-state index in [1.54, 1.807) is 0 Å². The molecule has 1 heterocycles. The first-order chi connectivity index (χ1) is 13.0. The summed E-state index contributed by atoms with van der Waals surface area (Å²) in [5.74, 6) is -4.03. The molecule has 1 aliphatic heterocycles.